The number of nitrogens with zero attached hydrogens (tertiary/aromatic N) is 4. The van der Waals surface area contributed by atoms with Gasteiger partial charge in [0.1, 0.15) is 0 Å². The van der Waals surface area contributed by atoms with Crippen LogP contribution in [0.3, 0.4) is 0 Å². The zero-order valence-electron chi connectivity index (χ0n) is 27.5. The molecule has 4 heteroatoms. The minimum atomic E-state index is 0.148. The van der Waals surface area contributed by atoms with Crippen molar-refractivity contribution in [2.24, 2.45) is 10.9 Å². The topological polar surface area (TPSA) is 33.4 Å². The molecule has 238 valence electrons. The number of aliphatic imine (C=N–C) groups is 1. The van der Waals surface area contributed by atoms with Crippen LogP contribution in [0.1, 0.15) is 41.0 Å². The second-order valence-corrected chi connectivity index (χ2v) is 13.4. The molecule has 0 N–H and O–H groups in total. The summed E-state index contributed by atoms with van der Waals surface area (Å²) in [6.07, 6.45) is 15.5. The van der Waals surface area contributed by atoms with Crippen molar-refractivity contribution in [1.29, 1.82) is 0 Å². The first-order valence-corrected chi connectivity index (χ1v) is 17.5. The molecule has 0 bridgehead atoms. The van der Waals surface area contributed by atoms with Gasteiger partial charge < -0.3 is 0 Å². The van der Waals surface area contributed by atoms with Crippen molar-refractivity contribution in [3.05, 3.63) is 203 Å². The van der Waals surface area contributed by atoms with Gasteiger partial charge in [0.05, 0.1) is 28.1 Å². The maximum absolute atomic E-state index is 5.37. The molecule has 2 atom stereocenters. The monoisotopic (exact) mass is 642 g/mol. The SMILES string of the molecule is C1=CC2=CC3=C(CC2C=C1)c1ccccc1-n1c(nc2ccccc21)N3c1cccc(C2C=C(c3ccccc3)N=C(c3ccccc3)C2)c1. The zero-order valence-corrected chi connectivity index (χ0v) is 27.5. The molecule has 0 amide bonds. The van der Waals surface area contributed by atoms with Crippen LogP contribution in [-0.2, 0) is 0 Å². The molecule has 10 rings (SSSR count). The number of para-hydroxylation sites is 3. The van der Waals surface area contributed by atoms with Crippen molar-refractivity contribution in [2.45, 2.75) is 18.8 Å². The molecular formula is C46H34N4. The molecule has 4 nitrogen and oxygen atoms in total. The second kappa shape index (κ2) is 11.7. The average molecular weight is 643 g/mol. The minimum Gasteiger partial charge on any atom is -0.280 e. The van der Waals surface area contributed by atoms with Crippen molar-refractivity contribution in [3.8, 4) is 5.69 Å². The van der Waals surface area contributed by atoms with E-state index in [1.165, 1.54) is 39.2 Å². The largest absolute Gasteiger partial charge is 0.280 e. The van der Waals surface area contributed by atoms with Gasteiger partial charge >= 0.3 is 0 Å². The smallest absolute Gasteiger partial charge is 0.220 e. The van der Waals surface area contributed by atoms with Crippen molar-refractivity contribution in [2.75, 3.05) is 4.90 Å². The lowest BCUT2D eigenvalue weighted by molar-refractivity contribution is 0.783. The first-order valence-electron chi connectivity index (χ1n) is 17.5. The third-order valence-corrected chi connectivity index (χ3v) is 10.4. The van der Waals surface area contributed by atoms with Gasteiger partial charge in [0.2, 0.25) is 5.95 Å². The molecule has 4 aliphatic rings. The van der Waals surface area contributed by atoms with E-state index in [9.17, 15) is 0 Å². The lowest BCUT2D eigenvalue weighted by atomic mass is 9.80. The van der Waals surface area contributed by atoms with E-state index in [4.69, 9.17) is 9.98 Å². The van der Waals surface area contributed by atoms with Crippen LogP contribution in [0.4, 0.5) is 11.6 Å². The number of benzene rings is 5. The molecule has 0 spiro atoms. The van der Waals surface area contributed by atoms with Crippen LogP contribution in [-0.4, -0.2) is 15.3 Å². The van der Waals surface area contributed by atoms with Crippen LogP contribution in [0, 0.1) is 5.92 Å². The molecule has 50 heavy (non-hydrogen) atoms. The van der Waals surface area contributed by atoms with Crippen LogP contribution in [0.5, 0.6) is 0 Å². The van der Waals surface area contributed by atoms with Gasteiger partial charge in [-0.05, 0) is 70.7 Å². The van der Waals surface area contributed by atoms with Crippen LogP contribution in [0.15, 0.2) is 186 Å². The Morgan fingerprint density at radius 2 is 1.44 bits per heavy atom. The number of aromatic nitrogens is 2. The molecule has 3 heterocycles. The number of anilines is 2. The van der Waals surface area contributed by atoms with E-state index in [-0.39, 0.29) is 5.92 Å². The highest BCUT2D eigenvalue weighted by Gasteiger charge is 2.34. The Kier molecular flexibility index (Phi) is 6.73. The van der Waals surface area contributed by atoms with E-state index in [0.29, 0.717) is 5.92 Å². The maximum Gasteiger partial charge on any atom is 0.220 e. The fourth-order valence-electron chi connectivity index (χ4n) is 8.02. The minimum absolute atomic E-state index is 0.148. The Morgan fingerprint density at radius 1 is 0.660 bits per heavy atom. The van der Waals surface area contributed by atoms with Crippen LogP contribution in [0.2, 0.25) is 0 Å². The number of hydrogen-bond donors (Lipinski definition) is 0. The Hall–Kier alpha value is -6.26. The van der Waals surface area contributed by atoms with Crippen LogP contribution < -0.4 is 4.90 Å². The third kappa shape index (κ3) is 4.75. The Labute approximate surface area is 292 Å². The summed E-state index contributed by atoms with van der Waals surface area (Å²) >= 11 is 0. The van der Waals surface area contributed by atoms with Crippen molar-refractivity contribution >= 4 is 39.7 Å². The highest BCUT2D eigenvalue weighted by atomic mass is 15.3. The van der Waals surface area contributed by atoms with Crippen molar-refractivity contribution in [1.82, 2.24) is 9.55 Å². The number of fused-ring (bicyclic) bond motifs is 7. The predicted octanol–water partition coefficient (Wildman–Crippen LogP) is 11.0. The fourth-order valence-corrected chi connectivity index (χ4v) is 8.02. The highest BCUT2D eigenvalue weighted by Crippen LogP contribution is 2.48. The first kappa shape index (κ1) is 28.7. The summed E-state index contributed by atoms with van der Waals surface area (Å²) in [5, 5.41) is 0. The molecule has 2 aliphatic heterocycles. The number of hydrogen-bond acceptors (Lipinski definition) is 3. The van der Waals surface area contributed by atoms with Gasteiger partial charge in [0.25, 0.3) is 0 Å². The lowest BCUT2D eigenvalue weighted by Gasteiger charge is -2.32. The maximum atomic E-state index is 5.37. The van der Waals surface area contributed by atoms with E-state index < -0.39 is 0 Å². The number of allylic oxidation sites excluding steroid dienone is 8. The fraction of sp³-hybridized carbons (Fsp3) is 0.0870. The molecule has 0 saturated heterocycles. The quantitative estimate of drug-likeness (QED) is 0.192. The van der Waals surface area contributed by atoms with Gasteiger partial charge in [-0.1, -0.05) is 134 Å². The first-order chi connectivity index (χ1) is 24.8. The molecule has 5 aromatic carbocycles. The summed E-state index contributed by atoms with van der Waals surface area (Å²) in [5.41, 5.74) is 15.2. The van der Waals surface area contributed by atoms with Crippen molar-refractivity contribution < 1.29 is 0 Å². The average Bonchev–Trinajstić information content (AvgIpc) is 3.52. The predicted molar refractivity (Wildman–Crippen MR) is 206 cm³/mol. The van der Waals surface area contributed by atoms with Gasteiger partial charge in [0, 0.05) is 35.2 Å². The van der Waals surface area contributed by atoms with Gasteiger partial charge in [0.15, 0.2) is 0 Å². The van der Waals surface area contributed by atoms with Gasteiger partial charge in [-0.25, -0.2) is 4.98 Å². The molecule has 0 radical (unpaired) electrons. The van der Waals surface area contributed by atoms with Crippen LogP contribution in [0.25, 0.3) is 28.0 Å². The van der Waals surface area contributed by atoms with Gasteiger partial charge in [-0.2, -0.15) is 0 Å². The number of imidazole rings is 1. The van der Waals surface area contributed by atoms with E-state index >= 15 is 0 Å². The van der Waals surface area contributed by atoms with E-state index in [0.717, 1.165) is 52.5 Å². The summed E-state index contributed by atoms with van der Waals surface area (Å²) in [6, 6.07) is 47.6. The summed E-state index contributed by atoms with van der Waals surface area (Å²) in [7, 11) is 0. The summed E-state index contributed by atoms with van der Waals surface area (Å²) in [6.45, 7) is 0. The standard InChI is InChI=1S/C46H34N4/c1-3-14-31(15-4-1)41-28-36(29-42(47-41)32-16-5-2-6-17-32)33-20-13-21-37(26-33)49-45-30-35-19-8-7-18-34(35)27-39(45)38-22-9-11-24-43(38)50-44-25-12-10-23-40(44)48-46(49)50/h1-26,28,30,34,36H,27,29H2. The van der Waals surface area contributed by atoms with Crippen LogP contribution >= 0.6 is 0 Å². The van der Waals surface area contributed by atoms with E-state index in [1.807, 2.05) is 0 Å². The molecule has 0 saturated carbocycles. The summed E-state index contributed by atoms with van der Waals surface area (Å²) in [4.78, 5) is 13.0. The Balaban J connectivity index is 1.17. The molecule has 1 aromatic heterocycles. The van der Waals surface area contributed by atoms with Gasteiger partial charge in [-0.3, -0.25) is 14.5 Å². The molecule has 6 aromatic rings. The summed E-state index contributed by atoms with van der Waals surface area (Å²) in [5.74, 6) is 1.40. The Morgan fingerprint density at radius 3 is 2.32 bits per heavy atom. The molecule has 2 aliphatic carbocycles. The van der Waals surface area contributed by atoms with E-state index in [1.54, 1.807) is 0 Å². The second-order valence-electron chi connectivity index (χ2n) is 13.4. The molecule has 2 unspecified atom stereocenters. The normalized spacial score (nSPS) is 19.1. The third-order valence-electron chi connectivity index (χ3n) is 10.4. The highest BCUT2D eigenvalue weighted by molar-refractivity contribution is 6.05. The summed E-state index contributed by atoms with van der Waals surface area (Å²) < 4.78 is 2.36. The zero-order chi connectivity index (χ0) is 33.0. The van der Waals surface area contributed by atoms with Crippen molar-refractivity contribution in [3.63, 3.8) is 0 Å². The van der Waals surface area contributed by atoms with Gasteiger partial charge in [-0.15, -0.1) is 0 Å². The molecule has 0 fully saturated rings. The number of rotatable bonds is 4. The Bertz CT molecular complexity index is 2490. The molecular weight excluding hydrogens is 609 g/mol. The lowest BCUT2D eigenvalue weighted by Crippen LogP contribution is -2.22. The van der Waals surface area contributed by atoms with E-state index in [2.05, 4.69) is 179 Å².